The van der Waals surface area contributed by atoms with Crippen LogP contribution in [0.4, 0.5) is 0 Å². The topological polar surface area (TPSA) is 106 Å². The van der Waals surface area contributed by atoms with E-state index in [1.807, 2.05) is 60.7 Å². The molecule has 0 radical (unpaired) electrons. The molecule has 4 aromatic rings. The number of ether oxygens (including phenoxy) is 2. The smallest absolute Gasteiger partial charge is 0.224 e. The van der Waals surface area contributed by atoms with Crippen molar-refractivity contribution in [1.29, 1.82) is 0 Å². The summed E-state index contributed by atoms with van der Waals surface area (Å²) in [5.41, 5.74) is 10.7. The van der Waals surface area contributed by atoms with Crippen molar-refractivity contribution in [2.75, 3.05) is 7.11 Å². The van der Waals surface area contributed by atoms with Crippen molar-refractivity contribution in [3.8, 4) is 11.5 Å². The Hall–Kier alpha value is -4.52. The third kappa shape index (κ3) is 5.72. The fraction of sp³-hybridized carbons (Fsp3) is 0.226. The lowest BCUT2D eigenvalue weighted by Gasteiger charge is -2.27. The Morgan fingerprint density at radius 1 is 1.00 bits per heavy atom. The van der Waals surface area contributed by atoms with Crippen LogP contribution in [0, 0.1) is 0 Å². The highest BCUT2D eigenvalue weighted by Gasteiger charge is 2.22. The number of oxime groups is 1. The number of nitrogens with two attached hydrogens (primary N) is 1. The molecule has 4 N–H and O–H groups in total. The summed E-state index contributed by atoms with van der Waals surface area (Å²) in [6.45, 7) is 0.420. The summed E-state index contributed by atoms with van der Waals surface area (Å²) >= 11 is 0. The van der Waals surface area contributed by atoms with Crippen LogP contribution in [-0.4, -0.2) is 24.1 Å². The molecule has 7 nitrogen and oxygen atoms in total. The van der Waals surface area contributed by atoms with Gasteiger partial charge in [0.15, 0.2) is 5.84 Å². The number of methoxy groups -OCH3 is 1. The molecule has 0 saturated heterocycles. The summed E-state index contributed by atoms with van der Waals surface area (Å²) in [6, 6.07) is 25.5. The van der Waals surface area contributed by atoms with Crippen LogP contribution in [0.1, 0.15) is 46.7 Å². The highest BCUT2D eigenvalue weighted by Crippen LogP contribution is 2.33. The van der Waals surface area contributed by atoms with Gasteiger partial charge in [0, 0.05) is 5.56 Å². The predicted octanol–water partition coefficient (Wildman–Crippen LogP) is 5.26. The molecule has 1 aliphatic rings. The molecule has 7 heteroatoms. The molecule has 0 bridgehead atoms. The molecule has 0 fully saturated rings. The maximum absolute atomic E-state index is 12.9. The number of carbonyl (C=O) groups excluding carboxylic acids is 1. The summed E-state index contributed by atoms with van der Waals surface area (Å²) in [5.74, 6) is 1.60. The molecule has 0 aromatic heterocycles. The minimum atomic E-state index is -0.0369. The fourth-order valence-corrected chi connectivity index (χ4v) is 5.00. The van der Waals surface area contributed by atoms with Crippen LogP contribution in [0.3, 0.4) is 0 Å². The van der Waals surface area contributed by atoms with Gasteiger partial charge in [-0.05, 0) is 88.7 Å². The number of amides is 1. The van der Waals surface area contributed by atoms with Crippen LogP contribution in [-0.2, 0) is 24.2 Å². The second-order valence-electron chi connectivity index (χ2n) is 9.57. The van der Waals surface area contributed by atoms with Crippen molar-refractivity contribution in [3.63, 3.8) is 0 Å². The predicted molar refractivity (Wildman–Crippen MR) is 148 cm³/mol. The van der Waals surface area contributed by atoms with E-state index >= 15 is 0 Å². The maximum Gasteiger partial charge on any atom is 0.224 e. The summed E-state index contributed by atoms with van der Waals surface area (Å²) in [5, 5.41) is 17.3. The van der Waals surface area contributed by atoms with Crippen molar-refractivity contribution in [2.45, 2.75) is 38.3 Å². The number of hydrogen-bond acceptors (Lipinski definition) is 5. The average Bonchev–Trinajstić information content (AvgIpc) is 2.95. The second kappa shape index (κ2) is 11.3. The van der Waals surface area contributed by atoms with E-state index in [0.717, 1.165) is 58.2 Å². The molecule has 4 aromatic carbocycles. The molecule has 0 heterocycles. The van der Waals surface area contributed by atoms with Crippen molar-refractivity contribution in [3.05, 3.63) is 107 Å². The normalized spacial score (nSPS) is 15.1. The zero-order valence-electron chi connectivity index (χ0n) is 21.3. The highest BCUT2D eigenvalue weighted by molar-refractivity contribution is 6.00. The van der Waals surface area contributed by atoms with Gasteiger partial charge in [-0.15, -0.1) is 0 Å². The van der Waals surface area contributed by atoms with Crippen molar-refractivity contribution < 1.29 is 19.5 Å². The first-order chi connectivity index (χ1) is 18.5. The molecule has 38 heavy (non-hydrogen) atoms. The standard InChI is InChI=1S/C31H31N3O4/c1-37-26-6-2-4-20(15-26)16-30(35)33-29-7-3-5-22-12-13-27(18-28(22)29)38-19-21-8-9-24-17-25(31(32)34-36)11-10-23(24)14-21/h2,4,6,8-15,17-18,29,36H,3,5,7,16,19H2,1H3,(H2,32,34)(H,33,35). The highest BCUT2D eigenvalue weighted by atomic mass is 16.5. The van der Waals surface area contributed by atoms with E-state index in [0.29, 0.717) is 18.6 Å². The largest absolute Gasteiger partial charge is 0.497 e. The molecule has 0 aliphatic heterocycles. The van der Waals surface area contributed by atoms with E-state index < -0.39 is 0 Å². The number of hydrogen-bond donors (Lipinski definition) is 3. The first kappa shape index (κ1) is 25.1. The Labute approximate surface area is 221 Å². The molecular weight excluding hydrogens is 478 g/mol. The maximum atomic E-state index is 12.9. The second-order valence-corrected chi connectivity index (χ2v) is 9.57. The summed E-state index contributed by atoms with van der Waals surface area (Å²) in [7, 11) is 1.62. The molecule has 194 valence electrons. The van der Waals surface area contributed by atoms with Crippen LogP contribution in [0.15, 0.2) is 84.0 Å². The van der Waals surface area contributed by atoms with E-state index in [9.17, 15) is 4.79 Å². The SMILES string of the molecule is COc1cccc(CC(=O)NC2CCCc3ccc(OCc4ccc5cc(C(N)=NO)ccc5c4)cc32)c1. The number of benzene rings is 4. The Balaban J connectivity index is 1.26. The molecule has 1 unspecified atom stereocenters. The number of rotatable bonds is 8. The molecule has 1 aliphatic carbocycles. The molecular formula is C31H31N3O4. The Morgan fingerprint density at radius 2 is 1.84 bits per heavy atom. The van der Waals surface area contributed by atoms with Crippen LogP contribution in [0.25, 0.3) is 10.8 Å². The van der Waals surface area contributed by atoms with Crippen molar-refractivity contribution in [2.24, 2.45) is 10.9 Å². The lowest BCUT2D eigenvalue weighted by atomic mass is 9.87. The van der Waals surface area contributed by atoms with Gasteiger partial charge < -0.3 is 25.7 Å². The molecule has 5 rings (SSSR count). The van der Waals surface area contributed by atoms with Gasteiger partial charge in [0.1, 0.15) is 18.1 Å². The van der Waals surface area contributed by atoms with Crippen LogP contribution >= 0.6 is 0 Å². The number of amidine groups is 1. The zero-order valence-corrected chi connectivity index (χ0v) is 21.3. The molecule has 1 atom stereocenters. The number of fused-ring (bicyclic) bond motifs is 2. The Morgan fingerprint density at radius 3 is 2.68 bits per heavy atom. The fourth-order valence-electron chi connectivity index (χ4n) is 5.00. The molecule has 0 saturated carbocycles. The van der Waals surface area contributed by atoms with E-state index in [1.54, 1.807) is 7.11 Å². The first-order valence-corrected chi connectivity index (χ1v) is 12.7. The van der Waals surface area contributed by atoms with Gasteiger partial charge in [0.05, 0.1) is 19.6 Å². The van der Waals surface area contributed by atoms with Gasteiger partial charge >= 0.3 is 0 Å². The van der Waals surface area contributed by atoms with E-state index in [1.165, 1.54) is 5.56 Å². The summed E-state index contributed by atoms with van der Waals surface area (Å²) < 4.78 is 11.4. The van der Waals surface area contributed by atoms with Crippen LogP contribution in [0.5, 0.6) is 11.5 Å². The summed E-state index contributed by atoms with van der Waals surface area (Å²) in [4.78, 5) is 12.9. The first-order valence-electron chi connectivity index (χ1n) is 12.7. The monoisotopic (exact) mass is 509 g/mol. The van der Waals surface area contributed by atoms with Gasteiger partial charge in [-0.1, -0.05) is 47.6 Å². The third-order valence-electron chi connectivity index (χ3n) is 6.98. The minimum absolute atomic E-state index is 0.00578. The minimum Gasteiger partial charge on any atom is -0.497 e. The molecule has 1 amide bonds. The third-order valence-corrected chi connectivity index (χ3v) is 6.98. The number of nitrogens with zero attached hydrogens (tertiary/aromatic N) is 1. The van der Waals surface area contributed by atoms with E-state index in [2.05, 4.69) is 28.7 Å². The number of carbonyl (C=O) groups is 1. The lowest BCUT2D eigenvalue weighted by Crippen LogP contribution is -2.32. The van der Waals surface area contributed by atoms with Gasteiger partial charge in [-0.2, -0.15) is 0 Å². The zero-order chi connectivity index (χ0) is 26.5. The quantitative estimate of drug-likeness (QED) is 0.130. The Bertz CT molecular complexity index is 1500. The van der Waals surface area contributed by atoms with Crippen LogP contribution in [0.2, 0.25) is 0 Å². The van der Waals surface area contributed by atoms with Gasteiger partial charge in [0.2, 0.25) is 5.91 Å². The Kier molecular flexibility index (Phi) is 7.45. The van der Waals surface area contributed by atoms with Gasteiger partial charge in [-0.25, -0.2) is 0 Å². The number of aryl methyl sites for hydroxylation is 1. The van der Waals surface area contributed by atoms with Gasteiger partial charge in [-0.3, -0.25) is 4.79 Å². The number of nitrogens with one attached hydrogen (secondary N) is 1. The van der Waals surface area contributed by atoms with Crippen molar-refractivity contribution in [1.82, 2.24) is 5.32 Å². The lowest BCUT2D eigenvalue weighted by molar-refractivity contribution is -0.121. The average molecular weight is 510 g/mol. The molecule has 0 spiro atoms. The van der Waals surface area contributed by atoms with Gasteiger partial charge in [0.25, 0.3) is 0 Å². The van der Waals surface area contributed by atoms with E-state index in [4.69, 9.17) is 20.4 Å². The van der Waals surface area contributed by atoms with Crippen LogP contribution < -0.4 is 20.5 Å². The summed E-state index contributed by atoms with van der Waals surface area (Å²) in [6.07, 6.45) is 3.24. The van der Waals surface area contributed by atoms with E-state index in [-0.39, 0.29) is 17.8 Å². The van der Waals surface area contributed by atoms with Crippen molar-refractivity contribution >= 4 is 22.5 Å².